The van der Waals surface area contributed by atoms with Crippen molar-refractivity contribution in [3.8, 4) is 0 Å². The Morgan fingerprint density at radius 3 is 2.89 bits per heavy atom. The molecule has 1 aromatic rings. The number of hydrogen-bond donors (Lipinski definition) is 2. The summed E-state index contributed by atoms with van der Waals surface area (Å²) in [5.41, 5.74) is 0.459. The van der Waals surface area contributed by atoms with Crippen LogP contribution in [0.4, 0.5) is 10.1 Å². The molecule has 0 saturated heterocycles. The second-order valence-electron chi connectivity index (χ2n) is 4.15. The van der Waals surface area contributed by atoms with Crippen molar-refractivity contribution in [3.63, 3.8) is 0 Å². The van der Waals surface area contributed by atoms with E-state index in [2.05, 4.69) is 10.6 Å². The van der Waals surface area contributed by atoms with Crippen molar-refractivity contribution in [2.75, 3.05) is 25.0 Å². The van der Waals surface area contributed by atoms with E-state index in [-0.39, 0.29) is 24.4 Å². The van der Waals surface area contributed by atoms with Gasteiger partial charge in [-0.05, 0) is 32.0 Å². The van der Waals surface area contributed by atoms with Gasteiger partial charge in [0.05, 0.1) is 19.3 Å². The fraction of sp³-hybridized carbons (Fsp3) is 0.462. The van der Waals surface area contributed by atoms with Gasteiger partial charge in [-0.25, -0.2) is 4.39 Å². The second-order valence-corrected chi connectivity index (χ2v) is 4.15. The van der Waals surface area contributed by atoms with Gasteiger partial charge in [-0.15, -0.1) is 0 Å². The Bertz CT molecular complexity index is 383. The molecule has 2 N–H and O–H groups in total. The molecule has 0 aromatic heterocycles. The fourth-order valence-electron chi connectivity index (χ4n) is 1.34. The Morgan fingerprint density at radius 1 is 1.44 bits per heavy atom. The minimum Gasteiger partial charge on any atom is -0.377 e. The maximum atomic E-state index is 12.9. The van der Waals surface area contributed by atoms with Crippen LogP contribution in [0.5, 0.6) is 0 Å². The molecule has 0 aliphatic carbocycles. The standard InChI is InChI=1S/C13H19FN2O2/c1-10(2)18-7-6-15-9-13(17)16-12-5-3-4-11(14)8-12/h3-5,8,10,15H,6-7,9H2,1-2H3,(H,16,17). The molecule has 1 amide bonds. The molecular formula is C13H19FN2O2. The smallest absolute Gasteiger partial charge is 0.238 e. The second kappa shape index (κ2) is 7.79. The van der Waals surface area contributed by atoms with Crippen molar-refractivity contribution in [1.82, 2.24) is 5.32 Å². The van der Waals surface area contributed by atoms with Gasteiger partial charge in [-0.1, -0.05) is 6.07 Å². The van der Waals surface area contributed by atoms with Gasteiger partial charge < -0.3 is 15.4 Å². The number of amides is 1. The molecule has 5 heteroatoms. The van der Waals surface area contributed by atoms with Crippen LogP contribution in [-0.4, -0.2) is 31.7 Å². The predicted octanol–water partition coefficient (Wildman–Crippen LogP) is 1.78. The molecule has 0 unspecified atom stereocenters. The summed E-state index contributed by atoms with van der Waals surface area (Å²) in [6.45, 7) is 5.25. The van der Waals surface area contributed by atoms with Crippen molar-refractivity contribution in [2.24, 2.45) is 0 Å². The molecule has 1 rings (SSSR count). The lowest BCUT2D eigenvalue weighted by Crippen LogP contribution is -2.30. The lowest BCUT2D eigenvalue weighted by molar-refractivity contribution is -0.115. The quantitative estimate of drug-likeness (QED) is 0.729. The molecule has 0 bridgehead atoms. The summed E-state index contributed by atoms with van der Waals surface area (Å²) in [5.74, 6) is -0.573. The summed E-state index contributed by atoms with van der Waals surface area (Å²) in [6, 6.07) is 5.80. The normalized spacial score (nSPS) is 10.7. The minimum absolute atomic E-state index is 0.179. The summed E-state index contributed by atoms with van der Waals surface area (Å²) in [7, 11) is 0. The number of carbonyl (C=O) groups is 1. The molecule has 0 heterocycles. The number of halogens is 1. The first-order valence-corrected chi connectivity index (χ1v) is 5.95. The van der Waals surface area contributed by atoms with Crippen LogP contribution in [0.2, 0.25) is 0 Å². The van der Waals surface area contributed by atoms with E-state index in [9.17, 15) is 9.18 Å². The summed E-state index contributed by atoms with van der Waals surface area (Å²) in [5, 5.41) is 5.54. The summed E-state index contributed by atoms with van der Waals surface area (Å²) in [4.78, 5) is 11.5. The van der Waals surface area contributed by atoms with Crippen molar-refractivity contribution < 1.29 is 13.9 Å². The molecule has 0 fully saturated rings. The third-order valence-corrected chi connectivity index (χ3v) is 2.12. The van der Waals surface area contributed by atoms with Gasteiger partial charge in [0.15, 0.2) is 0 Å². The highest BCUT2D eigenvalue weighted by Crippen LogP contribution is 2.08. The van der Waals surface area contributed by atoms with Crippen molar-refractivity contribution in [1.29, 1.82) is 0 Å². The molecule has 0 radical (unpaired) electrons. The van der Waals surface area contributed by atoms with E-state index in [1.807, 2.05) is 13.8 Å². The predicted molar refractivity (Wildman–Crippen MR) is 69.0 cm³/mol. The first kappa shape index (κ1) is 14.6. The van der Waals surface area contributed by atoms with E-state index >= 15 is 0 Å². The van der Waals surface area contributed by atoms with Gasteiger partial charge in [-0.3, -0.25) is 4.79 Å². The summed E-state index contributed by atoms with van der Waals surface area (Å²) < 4.78 is 18.2. The molecule has 100 valence electrons. The molecule has 4 nitrogen and oxygen atoms in total. The number of anilines is 1. The average molecular weight is 254 g/mol. The molecule has 0 spiro atoms. The molecule has 0 aliphatic rings. The largest absolute Gasteiger partial charge is 0.377 e. The minimum atomic E-state index is -0.369. The van der Waals surface area contributed by atoms with Gasteiger partial charge >= 0.3 is 0 Å². The van der Waals surface area contributed by atoms with Crippen LogP contribution < -0.4 is 10.6 Å². The molecule has 0 aliphatic heterocycles. The summed E-state index contributed by atoms with van der Waals surface area (Å²) >= 11 is 0. The first-order chi connectivity index (χ1) is 8.58. The average Bonchev–Trinajstić information content (AvgIpc) is 2.28. The Balaban J connectivity index is 2.18. The lowest BCUT2D eigenvalue weighted by atomic mass is 10.3. The van der Waals surface area contributed by atoms with Crippen molar-refractivity contribution >= 4 is 11.6 Å². The first-order valence-electron chi connectivity index (χ1n) is 5.95. The number of ether oxygens (including phenoxy) is 1. The fourth-order valence-corrected chi connectivity index (χ4v) is 1.34. The zero-order valence-corrected chi connectivity index (χ0v) is 10.7. The highest BCUT2D eigenvalue weighted by molar-refractivity contribution is 5.92. The SMILES string of the molecule is CC(C)OCCNCC(=O)Nc1cccc(F)c1. The van der Waals surface area contributed by atoms with Crippen molar-refractivity contribution in [3.05, 3.63) is 30.1 Å². The Hall–Kier alpha value is -1.46. The van der Waals surface area contributed by atoms with E-state index in [0.717, 1.165) is 0 Å². The maximum Gasteiger partial charge on any atom is 0.238 e. The lowest BCUT2D eigenvalue weighted by Gasteiger charge is -2.09. The Labute approximate surface area is 107 Å². The molecule has 1 aromatic carbocycles. The Morgan fingerprint density at radius 2 is 2.22 bits per heavy atom. The zero-order chi connectivity index (χ0) is 13.4. The topological polar surface area (TPSA) is 50.4 Å². The van der Waals surface area contributed by atoms with Crippen LogP contribution in [0, 0.1) is 5.82 Å². The van der Waals surface area contributed by atoms with E-state index in [0.29, 0.717) is 18.8 Å². The third-order valence-electron chi connectivity index (χ3n) is 2.12. The van der Waals surface area contributed by atoms with Crippen LogP contribution in [0.1, 0.15) is 13.8 Å². The van der Waals surface area contributed by atoms with Crippen LogP contribution in [-0.2, 0) is 9.53 Å². The summed E-state index contributed by atoms with van der Waals surface area (Å²) in [6.07, 6.45) is 0.188. The van der Waals surface area contributed by atoms with Gasteiger partial charge in [-0.2, -0.15) is 0 Å². The van der Waals surface area contributed by atoms with E-state index in [1.165, 1.54) is 12.1 Å². The van der Waals surface area contributed by atoms with Gasteiger partial charge in [0.2, 0.25) is 5.91 Å². The zero-order valence-electron chi connectivity index (χ0n) is 10.7. The number of hydrogen-bond acceptors (Lipinski definition) is 3. The number of nitrogens with one attached hydrogen (secondary N) is 2. The van der Waals surface area contributed by atoms with E-state index in [4.69, 9.17) is 4.74 Å². The maximum absolute atomic E-state index is 12.9. The molecule has 18 heavy (non-hydrogen) atoms. The van der Waals surface area contributed by atoms with Gasteiger partial charge in [0.25, 0.3) is 0 Å². The van der Waals surface area contributed by atoms with E-state index in [1.54, 1.807) is 12.1 Å². The third kappa shape index (κ3) is 6.32. The van der Waals surface area contributed by atoms with Crippen LogP contribution >= 0.6 is 0 Å². The van der Waals surface area contributed by atoms with Crippen LogP contribution in [0.3, 0.4) is 0 Å². The van der Waals surface area contributed by atoms with Gasteiger partial charge in [0, 0.05) is 12.2 Å². The van der Waals surface area contributed by atoms with E-state index < -0.39 is 0 Å². The Kier molecular flexibility index (Phi) is 6.32. The monoisotopic (exact) mass is 254 g/mol. The number of benzene rings is 1. The molecule has 0 atom stereocenters. The van der Waals surface area contributed by atoms with Crippen LogP contribution in [0.15, 0.2) is 24.3 Å². The molecule has 0 saturated carbocycles. The highest BCUT2D eigenvalue weighted by Gasteiger charge is 2.02. The highest BCUT2D eigenvalue weighted by atomic mass is 19.1. The van der Waals surface area contributed by atoms with Gasteiger partial charge in [0.1, 0.15) is 5.82 Å². The van der Waals surface area contributed by atoms with Crippen LogP contribution in [0.25, 0.3) is 0 Å². The number of rotatable bonds is 7. The number of carbonyl (C=O) groups excluding carboxylic acids is 1. The molecular weight excluding hydrogens is 235 g/mol. The van der Waals surface area contributed by atoms with Crippen molar-refractivity contribution in [2.45, 2.75) is 20.0 Å².